The molecule has 98 valence electrons. The Hall–Kier alpha value is -1.14. The van der Waals surface area contributed by atoms with Crippen molar-refractivity contribution in [1.82, 2.24) is 0 Å². The number of rotatable bonds is 3. The maximum atomic E-state index is 11.3. The molecule has 0 atom stereocenters. The summed E-state index contributed by atoms with van der Waals surface area (Å²) < 4.78 is 11.3. The van der Waals surface area contributed by atoms with Gasteiger partial charge in [0.1, 0.15) is 5.69 Å². The third kappa shape index (κ3) is 3.00. The molecule has 0 amide bonds. The smallest absolute Gasteiger partial charge is 0.293 e. The van der Waals surface area contributed by atoms with Crippen molar-refractivity contribution in [3.05, 3.63) is 33.3 Å². The molecule has 0 aliphatic carbocycles. The summed E-state index contributed by atoms with van der Waals surface area (Å²) in [7, 11) is -0.745. The summed E-state index contributed by atoms with van der Waals surface area (Å²) in [5, 5.41) is 14.4. The molecule has 18 heavy (non-hydrogen) atoms. The molecule has 1 heterocycles. The van der Waals surface area contributed by atoms with Gasteiger partial charge >= 0.3 is 0 Å². The van der Waals surface area contributed by atoms with Crippen LogP contribution in [0.3, 0.4) is 0 Å². The maximum absolute atomic E-state index is 11.3. The number of hydrogen-bond donors (Lipinski definition) is 1. The number of para-hydroxylation sites is 1. The van der Waals surface area contributed by atoms with Gasteiger partial charge in [-0.1, -0.05) is 17.7 Å². The number of hydrogen-bond acceptors (Lipinski definition) is 4. The predicted molar refractivity (Wildman–Crippen MR) is 72.6 cm³/mol. The molecule has 2 rings (SSSR count). The molecule has 1 aliphatic rings. The quantitative estimate of drug-likeness (QED) is 0.685. The Kier molecular flexibility index (Phi) is 4.19. The molecule has 0 aromatic heterocycles. The lowest BCUT2D eigenvalue weighted by Crippen LogP contribution is -2.29. The van der Waals surface area contributed by atoms with Crippen molar-refractivity contribution in [2.24, 2.45) is 0 Å². The highest BCUT2D eigenvalue weighted by molar-refractivity contribution is 7.85. The summed E-state index contributed by atoms with van der Waals surface area (Å²) >= 11 is 5.99. The number of halogens is 1. The lowest BCUT2D eigenvalue weighted by molar-refractivity contribution is -0.384. The van der Waals surface area contributed by atoms with Crippen molar-refractivity contribution >= 4 is 33.8 Å². The normalized spacial score (nSPS) is 23.6. The Bertz CT molecular complexity index is 485. The molecule has 0 radical (unpaired) electrons. The molecule has 5 nitrogen and oxygen atoms in total. The van der Waals surface area contributed by atoms with Crippen LogP contribution in [-0.2, 0) is 10.8 Å². The number of anilines is 1. The van der Waals surface area contributed by atoms with Gasteiger partial charge in [-0.3, -0.25) is 14.3 Å². The van der Waals surface area contributed by atoms with Crippen molar-refractivity contribution in [3.8, 4) is 0 Å². The summed E-state index contributed by atoms with van der Waals surface area (Å²) in [5.41, 5.74) is 0.344. The lowest BCUT2D eigenvalue weighted by atomic mass is 10.1. The Morgan fingerprint density at radius 2 is 2.06 bits per heavy atom. The van der Waals surface area contributed by atoms with Gasteiger partial charge in [0.15, 0.2) is 0 Å². The molecule has 1 N–H and O–H groups in total. The minimum absolute atomic E-state index is 0.0193. The van der Waals surface area contributed by atoms with Crippen LogP contribution in [-0.4, -0.2) is 26.7 Å². The molecular weight excluding hydrogens is 276 g/mol. The maximum Gasteiger partial charge on any atom is 0.293 e. The van der Waals surface area contributed by atoms with E-state index in [1.807, 2.05) is 0 Å². The first-order valence-corrected chi connectivity index (χ1v) is 7.49. The Labute approximate surface area is 112 Å². The minimum atomic E-state index is -0.745. The zero-order valence-electron chi connectivity index (χ0n) is 9.60. The molecule has 0 saturated carbocycles. The second-order valence-electron chi connectivity index (χ2n) is 4.16. The molecule has 1 aromatic rings. The minimum Gasteiger partial charge on any atom is -0.375 e. The number of nitrogens with one attached hydrogen (secondary N) is 1. The first-order valence-electron chi connectivity index (χ1n) is 5.62. The average molecular weight is 289 g/mol. The second-order valence-corrected chi connectivity index (χ2v) is 6.26. The molecule has 1 fully saturated rings. The topological polar surface area (TPSA) is 72.2 Å². The highest BCUT2D eigenvalue weighted by Gasteiger charge is 2.23. The molecule has 1 saturated heterocycles. The van der Waals surface area contributed by atoms with E-state index in [2.05, 4.69) is 5.32 Å². The first kappa shape index (κ1) is 13.3. The molecule has 0 spiro atoms. The Balaban J connectivity index is 2.18. The summed E-state index contributed by atoms with van der Waals surface area (Å²) in [4.78, 5) is 10.5. The predicted octanol–water partition coefficient (Wildman–Crippen LogP) is 2.57. The third-order valence-electron chi connectivity index (χ3n) is 2.92. The van der Waals surface area contributed by atoms with Crippen LogP contribution in [0.1, 0.15) is 12.8 Å². The van der Waals surface area contributed by atoms with E-state index in [0.717, 1.165) is 12.8 Å². The van der Waals surface area contributed by atoms with Gasteiger partial charge in [-0.15, -0.1) is 0 Å². The number of benzene rings is 1. The van der Waals surface area contributed by atoms with Crippen molar-refractivity contribution < 1.29 is 9.13 Å². The molecule has 1 aliphatic heterocycles. The fourth-order valence-corrected chi connectivity index (χ4v) is 3.47. The van der Waals surface area contributed by atoms with Gasteiger partial charge in [0.25, 0.3) is 5.69 Å². The third-order valence-corrected chi connectivity index (χ3v) is 4.62. The Morgan fingerprint density at radius 1 is 1.39 bits per heavy atom. The highest BCUT2D eigenvalue weighted by Crippen LogP contribution is 2.33. The fraction of sp³-hybridized carbons (Fsp3) is 0.455. The van der Waals surface area contributed by atoms with Crippen molar-refractivity contribution in [3.63, 3.8) is 0 Å². The molecule has 0 unspecified atom stereocenters. The van der Waals surface area contributed by atoms with Crippen LogP contribution >= 0.6 is 11.6 Å². The van der Waals surface area contributed by atoms with Crippen molar-refractivity contribution in [1.29, 1.82) is 0 Å². The van der Waals surface area contributed by atoms with Crippen molar-refractivity contribution in [2.45, 2.75) is 18.9 Å². The van der Waals surface area contributed by atoms with Crippen LogP contribution in [0.15, 0.2) is 18.2 Å². The van der Waals surface area contributed by atoms with Gasteiger partial charge in [-0.05, 0) is 18.9 Å². The van der Waals surface area contributed by atoms with Gasteiger partial charge in [-0.2, -0.15) is 0 Å². The van der Waals surface area contributed by atoms with Crippen LogP contribution in [0.4, 0.5) is 11.4 Å². The van der Waals surface area contributed by atoms with Crippen molar-refractivity contribution in [2.75, 3.05) is 16.8 Å². The SMILES string of the molecule is O=[N+]([O-])c1cccc(Cl)c1NC1CCS(=O)CC1. The Morgan fingerprint density at radius 3 is 2.67 bits per heavy atom. The zero-order chi connectivity index (χ0) is 13.1. The van der Waals surface area contributed by atoms with E-state index in [0.29, 0.717) is 22.2 Å². The molecule has 7 heteroatoms. The number of nitro benzene ring substituents is 1. The van der Waals surface area contributed by atoms with E-state index in [1.165, 1.54) is 6.07 Å². The molecular formula is C11H13ClN2O3S. The first-order chi connectivity index (χ1) is 8.58. The zero-order valence-corrected chi connectivity index (χ0v) is 11.2. The average Bonchev–Trinajstić information content (AvgIpc) is 2.34. The van der Waals surface area contributed by atoms with E-state index in [1.54, 1.807) is 12.1 Å². The monoisotopic (exact) mass is 288 g/mol. The number of nitrogens with zero attached hydrogens (tertiary/aromatic N) is 1. The fourth-order valence-electron chi connectivity index (χ4n) is 1.95. The van der Waals surface area contributed by atoms with E-state index in [4.69, 9.17) is 11.6 Å². The lowest BCUT2D eigenvalue weighted by Gasteiger charge is -2.23. The largest absolute Gasteiger partial charge is 0.375 e. The summed E-state index contributed by atoms with van der Waals surface area (Å²) in [5.74, 6) is 1.27. The molecule has 1 aromatic carbocycles. The van der Waals surface area contributed by atoms with E-state index < -0.39 is 15.7 Å². The highest BCUT2D eigenvalue weighted by atomic mass is 35.5. The summed E-state index contributed by atoms with van der Waals surface area (Å²) in [6, 6.07) is 4.70. The van der Waals surface area contributed by atoms with E-state index in [9.17, 15) is 14.3 Å². The summed E-state index contributed by atoms with van der Waals surface area (Å²) in [6.45, 7) is 0. The second kappa shape index (κ2) is 5.67. The van der Waals surface area contributed by atoms with Crippen LogP contribution in [0.5, 0.6) is 0 Å². The van der Waals surface area contributed by atoms with Gasteiger partial charge in [0.05, 0.1) is 9.95 Å². The van der Waals surface area contributed by atoms with Gasteiger partial charge in [0.2, 0.25) is 0 Å². The standard InChI is InChI=1S/C11H13ClN2O3S/c12-9-2-1-3-10(14(15)16)11(9)13-8-4-6-18(17)7-5-8/h1-3,8,13H,4-7H2. The molecule has 0 bridgehead atoms. The van der Waals surface area contributed by atoms with Crippen LogP contribution in [0.25, 0.3) is 0 Å². The van der Waals surface area contributed by atoms with Crippen LogP contribution in [0, 0.1) is 10.1 Å². The van der Waals surface area contributed by atoms with Gasteiger partial charge in [0, 0.05) is 34.4 Å². The van der Waals surface area contributed by atoms with E-state index >= 15 is 0 Å². The number of nitro groups is 1. The van der Waals surface area contributed by atoms with Crippen LogP contribution < -0.4 is 5.32 Å². The van der Waals surface area contributed by atoms with Gasteiger partial charge in [-0.25, -0.2) is 0 Å². The van der Waals surface area contributed by atoms with Crippen LogP contribution in [0.2, 0.25) is 5.02 Å². The van der Waals surface area contributed by atoms with E-state index in [-0.39, 0.29) is 11.7 Å². The summed E-state index contributed by atoms with van der Waals surface area (Å²) in [6.07, 6.45) is 1.49. The van der Waals surface area contributed by atoms with Gasteiger partial charge < -0.3 is 5.32 Å².